The lowest BCUT2D eigenvalue weighted by Gasteiger charge is -2.41. The lowest BCUT2D eigenvalue weighted by molar-refractivity contribution is 0.125. The molecule has 2 nitrogen and oxygen atoms in total. The lowest BCUT2D eigenvalue weighted by atomic mass is 10.00. The minimum atomic E-state index is 0.676. The zero-order valence-corrected chi connectivity index (χ0v) is 11.6. The van der Waals surface area contributed by atoms with Crippen LogP contribution in [0.2, 0.25) is 0 Å². The Hall–Kier alpha value is 0.270. The van der Waals surface area contributed by atoms with E-state index in [0.717, 1.165) is 17.7 Å². The molecular weight excluding hydrogens is 204 g/mol. The summed E-state index contributed by atoms with van der Waals surface area (Å²) < 4.78 is 0. The quantitative estimate of drug-likeness (QED) is 0.796. The van der Waals surface area contributed by atoms with Gasteiger partial charge in [-0.15, -0.1) is 0 Å². The maximum absolute atomic E-state index is 3.64. The van der Waals surface area contributed by atoms with Gasteiger partial charge in [-0.3, -0.25) is 4.90 Å². The summed E-state index contributed by atoms with van der Waals surface area (Å²) in [6.45, 7) is 12.9. The van der Waals surface area contributed by atoms with Crippen LogP contribution < -0.4 is 5.32 Å². The molecule has 0 aliphatic carbocycles. The van der Waals surface area contributed by atoms with Crippen LogP contribution >= 0.6 is 11.8 Å². The van der Waals surface area contributed by atoms with Crippen LogP contribution in [0.3, 0.4) is 0 Å². The van der Waals surface area contributed by atoms with Crippen molar-refractivity contribution in [1.82, 2.24) is 10.2 Å². The van der Waals surface area contributed by atoms with E-state index < -0.39 is 0 Å². The molecule has 15 heavy (non-hydrogen) atoms. The summed E-state index contributed by atoms with van der Waals surface area (Å²) >= 11 is 1.97. The van der Waals surface area contributed by atoms with E-state index >= 15 is 0 Å². The number of thioether (sulfide) groups is 1. The fraction of sp³-hybridized carbons (Fsp3) is 1.00. The highest BCUT2D eigenvalue weighted by Crippen LogP contribution is 2.16. The third kappa shape index (κ3) is 3.97. The standard InChI is InChI=1S/C12H26N2S/c1-9(2)12-8-14(7-11(4)15-5)10(3)6-13-12/h9-13H,6-8H2,1-5H3. The molecule has 0 aromatic heterocycles. The molecule has 0 bridgehead atoms. The van der Waals surface area contributed by atoms with Gasteiger partial charge in [-0.05, 0) is 19.1 Å². The first kappa shape index (κ1) is 13.3. The summed E-state index contributed by atoms with van der Waals surface area (Å²) in [7, 11) is 0. The zero-order valence-electron chi connectivity index (χ0n) is 10.8. The summed E-state index contributed by atoms with van der Waals surface area (Å²) in [5.74, 6) is 0.740. The number of piperazine rings is 1. The molecule has 0 radical (unpaired) electrons. The zero-order chi connectivity index (χ0) is 11.4. The van der Waals surface area contributed by atoms with Crippen molar-refractivity contribution in [3.8, 4) is 0 Å². The van der Waals surface area contributed by atoms with E-state index in [0.29, 0.717) is 12.1 Å². The van der Waals surface area contributed by atoms with Crippen LogP contribution in [0.5, 0.6) is 0 Å². The minimum Gasteiger partial charge on any atom is -0.311 e. The molecule has 0 saturated carbocycles. The number of hydrogen-bond donors (Lipinski definition) is 1. The van der Waals surface area contributed by atoms with Crippen LogP contribution in [-0.4, -0.2) is 48.1 Å². The summed E-state index contributed by atoms with van der Waals surface area (Å²) in [5.41, 5.74) is 0. The highest BCUT2D eigenvalue weighted by Gasteiger charge is 2.27. The SMILES string of the molecule is CSC(C)CN1CC(C(C)C)NCC1C. The number of hydrogen-bond acceptors (Lipinski definition) is 3. The third-order valence-electron chi connectivity index (χ3n) is 3.43. The molecule has 1 aliphatic heterocycles. The molecular formula is C12H26N2S. The summed E-state index contributed by atoms with van der Waals surface area (Å²) in [4.78, 5) is 2.64. The predicted molar refractivity (Wildman–Crippen MR) is 70.6 cm³/mol. The molecule has 1 N–H and O–H groups in total. The Bertz CT molecular complexity index is 184. The van der Waals surface area contributed by atoms with Crippen molar-refractivity contribution in [3.05, 3.63) is 0 Å². The molecule has 1 fully saturated rings. The van der Waals surface area contributed by atoms with Gasteiger partial charge in [0, 0.05) is 37.0 Å². The smallest absolute Gasteiger partial charge is 0.0218 e. The molecule has 0 aromatic rings. The monoisotopic (exact) mass is 230 g/mol. The molecule has 1 rings (SSSR count). The van der Waals surface area contributed by atoms with Gasteiger partial charge in [0.25, 0.3) is 0 Å². The third-order valence-corrected chi connectivity index (χ3v) is 4.38. The van der Waals surface area contributed by atoms with E-state index in [1.54, 1.807) is 0 Å². The Balaban J connectivity index is 2.46. The van der Waals surface area contributed by atoms with Crippen LogP contribution in [-0.2, 0) is 0 Å². The molecule has 0 aromatic carbocycles. The van der Waals surface area contributed by atoms with Crippen LogP contribution in [0, 0.1) is 5.92 Å². The Labute approximate surface area is 99.2 Å². The van der Waals surface area contributed by atoms with Crippen molar-refractivity contribution >= 4 is 11.8 Å². The average Bonchev–Trinajstić information content (AvgIpc) is 2.20. The fourth-order valence-electron chi connectivity index (χ4n) is 2.05. The molecule has 3 atom stereocenters. The van der Waals surface area contributed by atoms with Crippen molar-refractivity contribution in [1.29, 1.82) is 0 Å². The summed E-state index contributed by atoms with van der Waals surface area (Å²) in [6.07, 6.45) is 2.21. The molecule has 1 saturated heterocycles. The second-order valence-corrected chi connectivity index (χ2v) is 6.38. The molecule has 90 valence electrons. The summed E-state index contributed by atoms with van der Waals surface area (Å²) in [5, 5.41) is 4.39. The minimum absolute atomic E-state index is 0.676. The van der Waals surface area contributed by atoms with Gasteiger partial charge in [0.05, 0.1) is 0 Å². The second-order valence-electron chi connectivity index (χ2n) is 5.11. The first-order chi connectivity index (χ1) is 7.04. The molecule has 3 heteroatoms. The topological polar surface area (TPSA) is 15.3 Å². The molecule has 3 unspecified atom stereocenters. The van der Waals surface area contributed by atoms with Gasteiger partial charge < -0.3 is 5.32 Å². The van der Waals surface area contributed by atoms with Crippen LogP contribution in [0.15, 0.2) is 0 Å². The van der Waals surface area contributed by atoms with Crippen LogP contribution in [0.1, 0.15) is 27.7 Å². The van der Waals surface area contributed by atoms with Crippen molar-refractivity contribution in [2.45, 2.75) is 45.0 Å². The lowest BCUT2D eigenvalue weighted by Crippen LogP contribution is -2.58. The number of nitrogens with zero attached hydrogens (tertiary/aromatic N) is 1. The van der Waals surface area contributed by atoms with Crippen molar-refractivity contribution in [3.63, 3.8) is 0 Å². The Morgan fingerprint density at radius 3 is 2.60 bits per heavy atom. The van der Waals surface area contributed by atoms with Gasteiger partial charge in [-0.25, -0.2) is 0 Å². The van der Waals surface area contributed by atoms with Gasteiger partial charge in [0.2, 0.25) is 0 Å². The molecule has 1 heterocycles. The van der Waals surface area contributed by atoms with E-state index in [2.05, 4.69) is 44.2 Å². The van der Waals surface area contributed by atoms with Gasteiger partial charge in [0.1, 0.15) is 0 Å². The highest BCUT2D eigenvalue weighted by atomic mass is 32.2. The average molecular weight is 230 g/mol. The first-order valence-electron chi connectivity index (χ1n) is 6.04. The van der Waals surface area contributed by atoms with Crippen molar-refractivity contribution in [2.24, 2.45) is 5.92 Å². The Morgan fingerprint density at radius 1 is 1.40 bits per heavy atom. The van der Waals surface area contributed by atoms with Gasteiger partial charge in [0.15, 0.2) is 0 Å². The second kappa shape index (κ2) is 6.12. The van der Waals surface area contributed by atoms with E-state index in [1.807, 2.05) is 11.8 Å². The fourth-order valence-corrected chi connectivity index (χ4v) is 2.39. The van der Waals surface area contributed by atoms with Crippen molar-refractivity contribution in [2.75, 3.05) is 25.9 Å². The predicted octanol–water partition coefficient (Wildman–Crippen LogP) is 2.06. The van der Waals surface area contributed by atoms with E-state index in [4.69, 9.17) is 0 Å². The van der Waals surface area contributed by atoms with Crippen molar-refractivity contribution < 1.29 is 0 Å². The van der Waals surface area contributed by atoms with E-state index in [1.165, 1.54) is 13.1 Å². The number of rotatable bonds is 4. The Morgan fingerprint density at radius 2 is 2.07 bits per heavy atom. The van der Waals surface area contributed by atoms with Gasteiger partial charge in [-0.2, -0.15) is 11.8 Å². The molecule has 0 spiro atoms. The Kier molecular flexibility index (Phi) is 5.44. The van der Waals surface area contributed by atoms with Gasteiger partial charge >= 0.3 is 0 Å². The first-order valence-corrected chi connectivity index (χ1v) is 7.33. The van der Waals surface area contributed by atoms with E-state index in [-0.39, 0.29) is 0 Å². The summed E-state index contributed by atoms with van der Waals surface area (Å²) in [6, 6.07) is 1.37. The normalized spacial score (nSPS) is 30.8. The van der Waals surface area contributed by atoms with Gasteiger partial charge in [-0.1, -0.05) is 20.8 Å². The van der Waals surface area contributed by atoms with E-state index in [9.17, 15) is 0 Å². The molecule has 1 aliphatic rings. The van der Waals surface area contributed by atoms with Crippen LogP contribution in [0.25, 0.3) is 0 Å². The number of nitrogens with one attached hydrogen (secondary N) is 1. The highest BCUT2D eigenvalue weighted by molar-refractivity contribution is 7.99. The van der Waals surface area contributed by atoms with Crippen LogP contribution in [0.4, 0.5) is 0 Å². The maximum atomic E-state index is 3.64. The largest absolute Gasteiger partial charge is 0.311 e. The molecule has 0 amide bonds. The maximum Gasteiger partial charge on any atom is 0.0218 e.